The van der Waals surface area contributed by atoms with E-state index in [2.05, 4.69) is 40.2 Å². The molecule has 2 aliphatic rings. The summed E-state index contributed by atoms with van der Waals surface area (Å²) in [5.74, 6) is 2.38. The molecule has 4 heteroatoms. The topological polar surface area (TPSA) is 53.4 Å². The molecule has 2 aromatic rings. The molecule has 0 spiro atoms. The number of hydrogen-bond acceptors (Lipinski definition) is 4. The molecule has 0 bridgehead atoms. The highest BCUT2D eigenvalue weighted by Gasteiger charge is 2.41. The normalized spacial score (nSPS) is 25.8. The van der Waals surface area contributed by atoms with Crippen LogP contribution >= 0.6 is 0 Å². The predicted molar refractivity (Wildman–Crippen MR) is 96.5 cm³/mol. The summed E-state index contributed by atoms with van der Waals surface area (Å²) in [5.41, 5.74) is 1.88. The first-order valence-electron chi connectivity index (χ1n) is 9.12. The molecule has 1 aromatic heterocycles. The number of carbonyl (C=O) groups excluding carboxylic acids is 1. The Hall–Kier alpha value is -2.20. The van der Waals surface area contributed by atoms with Gasteiger partial charge in [0.1, 0.15) is 11.4 Å². The van der Waals surface area contributed by atoms with Crippen molar-refractivity contribution in [3.05, 3.63) is 59.9 Å². The maximum atomic E-state index is 12.4. The van der Waals surface area contributed by atoms with Crippen molar-refractivity contribution >= 4 is 5.78 Å². The molecule has 2 atom stereocenters. The van der Waals surface area contributed by atoms with Crippen molar-refractivity contribution in [2.24, 2.45) is 17.8 Å². The Morgan fingerprint density at radius 2 is 1.80 bits per heavy atom. The Kier molecular flexibility index (Phi) is 4.53. The number of ketones is 1. The zero-order valence-electron chi connectivity index (χ0n) is 14.3. The van der Waals surface area contributed by atoms with Gasteiger partial charge in [-0.1, -0.05) is 30.3 Å². The van der Waals surface area contributed by atoms with E-state index in [1.54, 1.807) is 6.07 Å². The molecule has 2 fully saturated rings. The number of fused-ring (bicyclic) bond motifs is 1. The molecule has 1 aliphatic carbocycles. The molecule has 1 saturated carbocycles. The lowest BCUT2D eigenvalue weighted by Gasteiger charge is -2.18. The summed E-state index contributed by atoms with van der Waals surface area (Å²) < 4.78 is 0. The van der Waals surface area contributed by atoms with Crippen LogP contribution in [-0.4, -0.2) is 40.4 Å². The summed E-state index contributed by atoms with van der Waals surface area (Å²) in [6.45, 7) is 2.49. The van der Waals surface area contributed by atoms with E-state index >= 15 is 0 Å². The van der Waals surface area contributed by atoms with Gasteiger partial charge in [0.25, 0.3) is 0 Å². The number of hydrogen-bond donors (Lipinski definition) is 1. The summed E-state index contributed by atoms with van der Waals surface area (Å²) in [7, 11) is 0. The standard InChI is InChI=1S/C21H24N2O2/c24-19-6-7-20(22-11-19)21(25)14-23-12-17-9-16(10-18(17)13-23)8-15-4-2-1-3-5-15/h1-7,11,16-18,24H,8-10,12-14H2. The zero-order valence-corrected chi connectivity index (χ0v) is 14.3. The number of aromatic nitrogens is 1. The lowest BCUT2D eigenvalue weighted by Crippen LogP contribution is -2.29. The minimum atomic E-state index is 0.0424. The lowest BCUT2D eigenvalue weighted by molar-refractivity contribution is 0.0935. The second-order valence-electron chi connectivity index (χ2n) is 7.57. The zero-order chi connectivity index (χ0) is 17.2. The van der Waals surface area contributed by atoms with Gasteiger partial charge < -0.3 is 5.11 Å². The molecular formula is C21H24N2O2. The fraction of sp³-hybridized carbons (Fsp3) is 0.429. The summed E-state index contributed by atoms with van der Waals surface area (Å²) in [4.78, 5) is 18.7. The molecule has 2 heterocycles. The van der Waals surface area contributed by atoms with Crippen LogP contribution in [0.3, 0.4) is 0 Å². The van der Waals surface area contributed by atoms with Crippen LogP contribution in [0.15, 0.2) is 48.7 Å². The molecule has 0 radical (unpaired) electrons. The van der Waals surface area contributed by atoms with E-state index in [4.69, 9.17) is 0 Å². The van der Waals surface area contributed by atoms with Gasteiger partial charge in [-0.2, -0.15) is 0 Å². The maximum absolute atomic E-state index is 12.4. The van der Waals surface area contributed by atoms with Crippen molar-refractivity contribution in [2.75, 3.05) is 19.6 Å². The molecule has 4 rings (SSSR count). The molecule has 4 nitrogen and oxygen atoms in total. The third kappa shape index (κ3) is 3.74. The molecule has 25 heavy (non-hydrogen) atoms. The Morgan fingerprint density at radius 1 is 1.08 bits per heavy atom. The maximum Gasteiger partial charge on any atom is 0.195 e. The number of likely N-dealkylation sites (tertiary alicyclic amines) is 1. The molecule has 1 aliphatic heterocycles. The first-order valence-corrected chi connectivity index (χ1v) is 9.12. The first kappa shape index (κ1) is 16.3. The number of benzene rings is 1. The van der Waals surface area contributed by atoms with E-state index < -0.39 is 0 Å². The van der Waals surface area contributed by atoms with Gasteiger partial charge in [-0.3, -0.25) is 9.69 Å². The van der Waals surface area contributed by atoms with Gasteiger partial charge in [0.2, 0.25) is 0 Å². The quantitative estimate of drug-likeness (QED) is 0.852. The van der Waals surface area contributed by atoms with Gasteiger partial charge in [-0.15, -0.1) is 0 Å². The van der Waals surface area contributed by atoms with Crippen LogP contribution in [0.25, 0.3) is 0 Å². The van der Waals surface area contributed by atoms with Crippen LogP contribution < -0.4 is 0 Å². The van der Waals surface area contributed by atoms with E-state index in [0.29, 0.717) is 12.2 Å². The SMILES string of the molecule is O=C(CN1CC2CC(Cc3ccccc3)CC2C1)c1ccc(O)cn1. The number of aromatic hydroxyl groups is 1. The fourth-order valence-corrected chi connectivity index (χ4v) is 4.60. The summed E-state index contributed by atoms with van der Waals surface area (Å²) in [6, 6.07) is 13.9. The van der Waals surface area contributed by atoms with Crippen molar-refractivity contribution in [3.8, 4) is 5.75 Å². The monoisotopic (exact) mass is 336 g/mol. The average molecular weight is 336 g/mol. The van der Waals surface area contributed by atoms with Crippen molar-refractivity contribution in [2.45, 2.75) is 19.3 Å². The Labute approximate surface area is 148 Å². The van der Waals surface area contributed by atoms with E-state index in [9.17, 15) is 9.90 Å². The smallest absolute Gasteiger partial charge is 0.195 e. The Balaban J connectivity index is 1.29. The highest BCUT2D eigenvalue weighted by molar-refractivity contribution is 5.95. The second-order valence-corrected chi connectivity index (χ2v) is 7.57. The van der Waals surface area contributed by atoms with Crippen molar-refractivity contribution in [1.29, 1.82) is 0 Å². The number of pyridine rings is 1. The molecule has 2 unspecified atom stereocenters. The van der Waals surface area contributed by atoms with Crippen LogP contribution in [0.2, 0.25) is 0 Å². The summed E-state index contributed by atoms with van der Waals surface area (Å²) >= 11 is 0. The van der Waals surface area contributed by atoms with Crippen LogP contribution in [0.1, 0.15) is 28.9 Å². The van der Waals surface area contributed by atoms with Crippen molar-refractivity contribution in [1.82, 2.24) is 9.88 Å². The van der Waals surface area contributed by atoms with E-state index in [1.807, 2.05) is 0 Å². The highest BCUT2D eigenvalue weighted by Crippen LogP contribution is 2.42. The van der Waals surface area contributed by atoms with E-state index in [0.717, 1.165) is 30.8 Å². The predicted octanol–water partition coefficient (Wildman–Crippen LogP) is 3.17. The summed E-state index contributed by atoms with van der Waals surface area (Å²) in [5, 5.41) is 9.28. The lowest BCUT2D eigenvalue weighted by atomic mass is 9.96. The largest absolute Gasteiger partial charge is 0.506 e. The Morgan fingerprint density at radius 3 is 2.44 bits per heavy atom. The highest BCUT2D eigenvalue weighted by atomic mass is 16.3. The molecular weight excluding hydrogens is 312 g/mol. The third-order valence-electron chi connectivity index (χ3n) is 5.69. The van der Waals surface area contributed by atoms with Gasteiger partial charge in [-0.25, -0.2) is 4.98 Å². The van der Waals surface area contributed by atoms with E-state index in [-0.39, 0.29) is 11.5 Å². The fourth-order valence-electron chi connectivity index (χ4n) is 4.60. The molecule has 1 aromatic carbocycles. The number of Topliss-reactive ketones (excluding diaryl/α,β-unsaturated/α-hetero) is 1. The third-order valence-corrected chi connectivity index (χ3v) is 5.69. The molecule has 1 N–H and O–H groups in total. The van der Waals surface area contributed by atoms with Gasteiger partial charge in [0, 0.05) is 13.1 Å². The molecule has 1 saturated heterocycles. The van der Waals surface area contributed by atoms with Crippen molar-refractivity contribution < 1.29 is 9.90 Å². The van der Waals surface area contributed by atoms with Crippen LogP contribution in [-0.2, 0) is 6.42 Å². The summed E-state index contributed by atoms with van der Waals surface area (Å²) in [6.07, 6.45) is 5.08. The van der Waals surface area contributed by atoms with Gasteiger partial charge in [0.15, 0.2) is 5.78 Å². The van der Waals surface area contributed by atoms with Crippen LogP contribution in [0, 0.1) is 17.8 Å². The second kappa shape index (κ2) is 6.96. The van der Waals surface area contributed by atoms with Gasteiger partial charge in [-0.05, 0) is 54.7 Å². The van der Waals surface area contributed by atoms with Crippen LogP contribution in [0.5, 0.6) is 5.75 Å². The van der Waals surface area contributed by atoms with Gasteiger partial charge in [0.05, 0.1) is 12.7 Å². The number of nitrogens with zero attached hydrogens (tertiary/aromatic N) is 2. The van der Waals surface area contributed by atoms with Crippen molar-refractivity contribution in [3.63, 3.8) is 0 Å². The molecule has 130 valence electrons. The molecule has 0 amide bonds. The van der Waals surface area contributed by atoms with E-state index in [1.165, 1.54) is 37.1 Å². The minimum Gasteiger partial charge on any atom is -0.506 e. The minimum absolute atomic E-state index is 0.0424. The number of rotatable bonds is 5. The Bertz CT molecular complexity index is 715. The first-order chi connectivity index (χ1) is 12.2. The number of carbonyl (C=O) groups is 1. The van der Waals surface area contributed by atoms with Crippen LogP contribution in [0.4, 0.5) is 0 Å². The van der Waals surface area contributed by atoms with Gasteiger partial charge >= 0.3 is 0 Å². The average Bonchev–Trinajstić information content (AvgIpc) is 3.14.